The summed E-state index contributed by atoms with van der Waals surface area (Å²) >= 11 is 6.89. The van der Waals surface area contributed by atoms with E-state index >= 15 is 0 Å². The zero-order valence-electron chi connectivity index (χ0n) is 11.9. The van der Waals surface area contributed by atoms with E-state index in [1.807, 2.05) is 0 Å². The minimum absolute atomic E-state index is 0.158. The van der Waals surface area contributed by atoms with Gasteiger partial charge in [-0.2, -0.15) is 0 Å². The van der Waals surface area contributed by atoms with Crippen LogP contribution >= 0.6 is 23.4 Å². The maximum Gasteiger partial charge on any atom is 0.257 e. The van der Waals surface area contributed by atoms with Gasteiger partial charge >= 0.3 is 0 Å². The van der Waals surface area contributed by atoms with Crippen molar-refractivity contribution < 1.29 is 13.6 Å². The van der Waals surface area contributed by atoms with Crippen molar-refractivity contribution in [3.63, 3.8) is 0 Å². The minimum atomic E-state index is -0.571. The van der Waals surface area contributed by atoms with E-state index in [2.05, 4.69) is 10.3 Å². The van der Waals surface area contributed by atoms with Crippen LogP contribution < -0.4 is 11.1 Å². The molecule has 3 N–H and O–H groups in total. The normalized spacial score (nSPS) is 11.4. The summed E-state index contributed by atoms with van der Waals surface area (Å²) in [7, 11) is 0. The first kappa shape index (κ1) is 17.2. The van der Waals surface area contributed by atoms with E-state index < -0.39 is 17.5 Å². The Morgan fingerprint density at radius 3 is 2.65 bits per heavy atom. The van der Waals surface area contributed by atoms with Crippen molar-refractivity contribution >= 4 is 40.9 Å². The molecule has 2 aromatic carbocycles. The third-order valence-electron chi connectivity index (χ3n) is 2.75. The van der Waals surface area contributed by atoms with Gasteiger partial charge in [-0.3, -0.25) is 10.1 Å². The highest BCUT2D eigenvalue weighted by Crippen LogP contribution is 2.21. The topological polar surface area (TPSA) is 67.5 Å². The Bertz CT molecular complexity index is 763. The number of halogens is 3. The van der Waals surface area contributed by atoms with Crippen molar-refractivity contribution in [1.29, 1.82) is 0 Å². The van der Waals surface area contributed by atoms with Crippen molar-refractivity contribution in [2.45, 2.75) is 4.90 Å². The van der Waals surface area contributed by atoms with Gasteiger partial charge in [-0.25, -0.2) is 13.8 Å². The molecule has 0 aliphatic carbocycles. The Morgan fingerprint density at radius 2 is 2.00 bits per heavy atom. The van der Waals surface area contributed by atoms with Gasteiger partial charge < -0.3 is 5.73 Å². The molecule has 0 spiro atoms. The summed E-state index contributed by atoms with van der Waals surface area (Å²) in [6, 6.07) is 7.57. The van der Waals surface area contributed by atoms with Gasteiger partial charge in [0.1, 0.15) is 11.6 Å². The van der Waals surface area contributed by atoms with Crippen molar-refractivity contribution in [2.75, 3.05) is 6.26 Å². The molecule has 1 amide bonds. The number of nitrogens with one attached hydrogen (secondary N) is 1. The van der Waals surface area contributed by atoms with Crippen LogP contribution in [-0.4, -0.2) is 18.1 Å². The summed E-state index contributed by atoms with van der Waals surface area (Å²) < 4.78 is 26.6. The lowest BCUT2D eigenvalue weighted by atomic mass is 10.2. The van der Waals surface area contributed by atoms with E-state index in [1.165, 1.54) is 36.0 Å². The van der Waals surface area contributed by atoms with Crippen LogP contribution in [0.3, 0.4) is 0 Å². The highest BCUT2D eigenvalue weighted by molar-refractivity contribution is 7.98. The molecule has 8 heteroatoms. The van der Waals surface area contributed by atoms with E-state index in [-0.39, 0.29) is 22.2 Å². The van der Waals surface area contributed by atoms with Crippen LogP contribution in [0.25, 0.3) is 0 Å². The number of hydrogen-bond donors (Lipinski definition) is 2. The number of rotatable bonds is 3. The van der Waals surface area contributed by atoms with E-state index in [1.54, 1.807) is 6.26 Å². The highest BCUT2D eigenvalue weighted by Gasteiger charge is 2.10. The van der Waals surface area contributed by atoms with Crippen molar-refractivity contribution in [3.05, 3.63) is 58.6 Å². The summed E-state index contributed by atoms with van der Waals surface area (Å²) in [5, 5.41) is 2.50. The van der Waals surface area contributed by atoms with E-state index in [9.17, 15) is 13.6 Å². The zero-order valence-corrected chi connectivity index (χ0v) is 13.5. The lowest BCUT2D eigenvalue weighted by molar-refractivity contribution is 0.0976. The molecule has 23 heavy (non-hydrogen) atoms. The van der Waals surface area contributed by atoms with Crippen molar-refractivity contribution in [3.8, 4) is 0 Å². The van der Waals surface area contributed by atoms with Crippen LogP contribution in [0.5, 0.6) is 0 Å². The second kappa shape index (κ2) is 7.43. The third kappa shape index (κ3) is 4.67. The molecule has 0 saturated carbocycles. The van der Waals surface area contributed by atoms with Gasteiger partial charge in [0, 0.05) is 15.5 Å². The molecule has 0 atom stereocenters. The second-order valence-corrected chi connectivity index (χ2v) is 5.71. The number of nitrogens with two attached hydrogens (primary N) is 1. The highest BCUT2D eigenvalue weighted by atomic mass is 35.5. The maximum atomic E-state index is 13.4. The molecular weight excluding hydrogens is 344 g/mol. The third-order valence-corrected chi connectivity index (χ3v) is 3.72. The van der Waals surface area contributed by atoms with E-state index in [0.717, 1.165) is 12.1 Å². The number of aliphatic imine (C=N–C) groups is 1. The Kier molecular flexibility index (Phi) is 5.57. The lowest BCUT2D eigenvalue weighted by Gasteiger charge is -2.06. The zero-order chi connectivity index (χ0) is 17.0. The quantitative estimate of drug-likeness (QED) is 0.501. The van der Waals surface area contributed by atoms with Crippen LogP contribution in [-0.2, 0) is 0 Å². The number of carbonyl (C=O) groups excluding carboxylic acids is 1. The average molecular weight is 356 g/mol. The largest absolute Gasteiger partial charge is 0.369 e. The summed E-state index contributed by atoms with van der Waals surface area (Å²) in [4.78, 5) is 16.3. The molecule has 0 heterocycles. The van der Waals surface area contributed by atoms with Crippen molar-refractivity contribution in [1.82, 2.24) is 5.32 Å². The lowest BCUT2D eigenvalue weighted by Crippen LogP contribution is -2.36. The fraction of sp³-hybridized carbons (Fsp3) is 0.0667. The van der Waals surface area contributed by atoms with Crippen LogP contribution in [0.1, 0.15) is 10.4 Å². The van der Waals surface area contributed by atoms with Gasteiger partial charge in [0.2, 0.25) is 5.96 Å². The molecule has 0 fully saturated rings. The number of carbonyl (C=O) groups is 1. The summed E-state index contributed by atoms with van der Waals surface area (Å²) in [5.74, 6) is -1.76. The molecule has 0 aliphatic heterocycles. The SMILES string of the molecule is CSc1cc(C(=O)NC(N)=Nc2cc(F)cc(Cl)c2)ccc1F. The van der Waals surface area contributed by atoms with Gasteiger partial charge in [-0.05, 0) is 42.7 Å². The Balaban J connectivity index is 2.17. The molecule has 4 nitrogen and oxygen atoms in total. The molecule has 0 saturated heterocycles. The summed E-state index contributed by atoms with van der Waals surface area (Å²) in [6.45, 7) is 0. The standard InChI is InChI=1S/C15H12ClF2N3OS/c1-23-13-4-8(2-3-12(13)18)14(22)21-15(19)20-11-6-9(16)5-10(17)7-11/h2-7H,1H3,(H3,19,20,21,22). The van der Waals surface area contributed by atoms with Gasteiger partial charge in [0.25, 0.3) is 5.91 Å². The Hall–Kier alpha value is -2.12. The fourth-order valence-corrected chi connectivity index (χ4v) is 2.48. The summed E-state index contributed by atoms with van der Waals surface area (Å²) in [6.07, 6.45) is 1.70. The molecule has 2 aromatic rings. The Labute approximate surface area is 140 Å². The maximum absolute atomic E-state index is 13.4. The Morgan fingerprint density at radius 1 is 1.26 bits per heavy atom. The molecule has 0 bridgehead atoms. The molecule has 0 unspecified atom stereocenters. The van der Waals surface area contributed by atoms with E-state index in [4.69, 9.17) is 17.3 Å². The van der Waals surface area contributed by atoms with Gasteiger partial charge in [-0.1, -0.05) is 11.6 Å². The van der Waals surface area contributed by atoms with Crippen molar-refractivity contribution in [2.24, 2.45) is 10.7 Å². The number of amides is 1. The first-order valence-electron chi connectivity index (χ1n) is 6.34. The van der Waals surface area contributed by atoms with E-state index in [0.29, 0.717) is 4.90 Å². The first-order valence-corrected chi connectivity index (χ1v) is 7.94. The first-order chi connectivity index (χ1) is 10.9. The number of guanidine groups is 1. The number of hydrogen-bond acceptors (Lipinski definition) is 3. The van der Waals surface area contributed by atoms with Gasteiger partial charge in [0.15, 0.2) is 0 Å². The molecular formula is C15H12ClF2N3OS. The molecule has 0 aromatic heterocycles. The summed E-state index contributed by atoms with van der Waals surface area (Å²) in [5.41, 5.74) is 6.01. The molecule has 0 radical (unpaired) electrons. The van der Waals surface area contributed by atoms with Crippen LogP contribution in [0, 0.1) is 11.6 Å². The second-order valence-electron chi connectivity index (χ2n) is 4.43. The number of benzene rings is 2. The fourth-order valence-electron chi connectivity index (χ4n) is 1.76. The molecule has 2 rings (SSSR count). The monoisotopic (exact) mass is 355 g/mol. The minimum Gasteiger partial charge on any atom is -0.369 e. The predicted octanol–water partition coefficient (Wildman–Crippen LogP) is 3.72. The predicted molar refractivity (Wildman–Crippen MR) is 88.3 cm³/mol. The smallest absolute Gasteiger partial charge is 0.257 e. The number of thioether (sulfide) groups is 1. The van der Waals surface area contributed by atoms with Gasteiger partial charge in [0.05, 0.1) is 5.69 Å². The number of nitrogens with zero attached hydrogens (tertiary/aromatic N) is 1. The molecule has 120 valence electrons. The average Bonchev–Trinajstić information content (AvgIpc) is 2.46. The van der Waals surface area contributed by atoms with Crippen LogP contribution in [0.4, 0.5) is 14.5 Å². The van der Waals surface area contributed by atoms with Gasteiger partial charge in [-0.15, -0.1) is 11.8 Å². The van der Waals surface area contributed by atoms with Crippen LogP contribution in [0.15, 0.2) is 46.3 Å². The van der Waals surface area contributed by atoms with Crippen LogP contribution in [0.2, 0.25) is 5.02 Å². The molecule has 0 aliphatic rings.